The van der Waals surface area contributed by atoms with Crippen molar-refractivity contribution in [1.82, 2.24) is 10.2 Å². The molecule has 1 heterocycles. The summed E-state index contributed by atoms with van der Waals surface area (Å²) < 4.78 is 12.9. The van der Waals surface area contributed by atoms with Gasteiger partial charge in [0.2, 0.25) is 5.91 Å². The van der Waals surface area contributed by atoms with E-state index < -0.39 is 0 Å². The molecule has 4 rings (SSSR count). The fraction of sp³-hybridized carbons (Fsp3) is 0.450. The molecule has 3 aliphatic rings. The van der Waals surface area contributed by atoms with Gasteiger partial charge in [0.1, 0.15) is 5.82 Å². The van der Waals surface area contributed by atoms with Crippen LogP contribution in [0.15, 0.2) is 47.6 Å². The van der Waals surface area contributed by atoms with Crippen LogP contribution in [0, 0.1) is 11.7 Å². The minimum Gasteiger partial charge on any atom is -0.351 e. The Morgan fingerprint density at radius 1 is 1.17 bits per heavy atom. The Morgan fingerprint density at radius 2 is 1.88 bits per heavy atom. The lowest BCUT2D eigenvalue weighted by atomic mass is 10.0. The maximum absolute atomic E-state index is 12.9. The zero-order valence-corrected chi connectivity index (χ0v) is 13.8. The van der Waals surface area contributed by atoms with Gasteiger partial charge in [-0.25, -0.2) is 4.39 Å². The maximum atomic E-state index is 12.9. The summed E-state index contributed by atoms with van der Waals surface area (Å²) in [7, 11) is 0. The quantitative estimate of drug-likeness (QED) is 0.902. The molecule has 2 fully saturated rings. The van der Waals surface area contributed by atoms with E-state index in [-0.39, 0.29) is 23.7 Å². The number of nitrogens with one attached hydrogen (secondary N) is 1. The molecule has 1 N–H and O–H groups in total. The van der Waals surface area contributed by atoms with Gasteiger partial charge in [0, 0.05) is 25.7 Å². The molecule has 1 aliphatic heterocycles. The maximum Gasteiger partial charge on any atom is 0.231 e. The number of benzene rings is 1. The van der Waals surface area contributed by atoms with Gasteiger partial charge in [0.05, 0.1) is 5.92 Å². The highest BCUT2D eigenvalue weighted by atomic mass is 19.1. The molecule has 1 aromatic carbocycles. The Labute approximate surface area is 142 Å². The van der Waals surface area contributed by atoms with Gasteiger partial charge in [0.15, 0.2) is 0 Å². The molecule has 0 radical (unpaired) electrons. The molecular weight excluding hydrogens is 303 g/mol. The first kappa shape index (κ1) is 15.6. The van der Waals surface area contributed by atoms with Crippen molar-refractivity contribution in [3.05, 3.63) is 58.9 Å². The van der Waals surface area contributed by atoms with Crippen molar-refractivity contribution in [2.45, 2.75) is 31.7 Å². The summed E-state index contributed by atoms with van der Waals surface area (Å²) >= 11 is 0. The fourth-order valence-electron chi connectivity index (χ4n) is 4.10. The van der Waals surface area contributed by atoms with Gasteiger partial charge in [0.25, 0.3) is 0 Å². The molecular formula is C20H23FN2O. The molecule has 1 amide bonds. The fourth-order valence-corrected chi connectivity index (χ4v) is 4.10. The number of halogens is 1. The molecule has 4 heteroatoms. The zero-order valence-electron chi connectivity index (χ0n) is 13.8. The van der Waals surface area contributed by atoms with E-state index in [1.165, 1.54) is 23.3 Å². The normalized spacial score (nSPS) is 23.5. The van der Waals surface area contributed by atoms with Crippen LogP contribution in [0.4, 0.5) is 4.39 Å². The van der Waals surface area contributed by atoms with Crippen LogP contribution in [0.1, 0.15) is 24.8 Å². The average molecular weight is 326 g/mol. The van der Waals surface area contributed by atoms with E-state index in [0.717, 1.165) is 50.9 Å². The molecule has 1 atom stereocenters. The molecule has 3 nitrogen and oxygen atoms in total. The molecule has 1 saturated carbocycles. The molecule has 0 spiro atoms. The summed E-state index contributed by atoms with van der Waals surface area (Å²) in [5.41, 5.74) is 3.73. The Morgan fingerprint density at radius 3 is 2.54 bits per heavy atom. The van der Waals surface area contributed by atoms with Crippen molar-refractivity contribution < 1.29 is 9.18 Å². The van der Waals surface area contributed by atoms with Crippen LogP contribution in [0.3, 0.4) is 0 Å². The summed E-state index contributed by atoms with van der Waals surface area (Å²) in [5, 5.41) is 3.25. The van der Waals surface area contributed by atoms with Crippen molar-refractivity contribution in [2.75, 3.05) is 19.6 Å². The molecule has 2 bridgehead atoms. The number of hydrogen-bond acceptors (Lipinski definition) is 2. The van der Waals surface area contributed by atoms with Gasteiger partial charge in [-0.2, -0.15) is 0 Å². The topological polar surface area (TPSA) is 32.3 Å². The van der Waals surface area contributed by atoms with Crippen molar-refractivity contribution in [3.8, 4) is 0 Å². The lowest BCUT2D eigenvalue weighted by Crippen LogP contribution is -2.40. The third-order valence-electron chi connectivity index (χ3n) is 5.47. The third kappa shape index (κ3) is 3.16. The van der Waals surface area contributed by atoms with Crippen LogP contribution >= 0.6 is 0 Å². The van der Waals surface area contributed by atoms with Crippen LogP contribution in [0.25, 0.3) is 0 Å². The highest BCUT2D eigenvalue weighted by Crippen LogP contribution is 2.41. The van der Waals surface area contributed by atoms with E-state index in [1.807, 2.05) is 12.1 Å². The number of carbonyl (C=O) groups excluding carboxylic acids is 1. The summed E-state index contributed by atoms with van der Waals surface area (Å²) in [5.74, 6) is 0.0277. The van der Waals surface area contributed by atoms with Crippen molar-refractivity contribution in [1.29, 1.82) is 0 Å². The Hall–Kier alpha value is -1.94. The summed E-state index contributed by atoms with van der Waals surface area (Å²) in [6.45, 7) is 2.89. The highest BCUT2D eigenvalue weighted by Gasteiger charge is 2.36. The van der Waals surface area contributed by atoms with Gasteiger partial charge in [-0.1, -0.05) is 35.4 Å². The number of amides is 1. The minimum absolute atomic E-state index is 0.0262. The Bertz CT molecular complexity index is 672. The largest absolute Gasteiger partial charge is 0.351 e. The van der Waals surface area contributed by atoms with Gasteiger partial charge >= 0.3 is 0 Å². The lowest BCUT2D eigenvalue weighted by molar-refractivity contribution is -0.123. The minimum atomic E-state index is -0.186. The van der Waals surface area contributed by atoms with Crippen molar-refractivity contribution in [2.24, 2.45) is 5.92 Å². The molecule has 0 aromatic heterocycles. The molecule has 126 valence electrons. The molecule has 1 saturated heterocycles. The highest BCUT2D eigenvalue weighted by molar-refractivity contribution is 5.87. The first-order valence-electron chi connectivity index (χ1n) is 8.86. The summed E-state index contributed by atoms with van der Waals surface area (Å²) in [4.78, 5) is 14.9. The number of fused-ring (bicyclic) bond motifs is 2. The first-order chi connectivity index (χ1) is 11.7. The molecule has 24 heavy (non-hydrogen) atoms. The SMILES string of the molecule is O=C(N[C@H]1CCN(CCc2ccc(F)cc2)C1)C1C2=CC=C1CC2. The van der Waals surface area contributed by atoms with Gasteiger partial charge in [-0.15, -0.1) is 0 Å². The second kappa shape index (κ2) is 6.52. The second-order valence-electron chi connectivity index (χ2n) is 7.09. The van der Waals surface area contributed by atoms with Crippen LogP contribution < -0.4 is 5.32 Å². The van der Waals surface area contributed by atoms with E-state index in [1.54, 1.807) is 0 Å². The van der Waals surface area contributed by atoms with Gasteiger partial charge in [-0.3, -0.25) is 4.79 Å². The van der Waals surface area contributed by atoms with Crippen LogP contribution in [-0.4, -0.2) is 36.5 Å². The Kier molecular flexibility index (Phi) is 4.23. The predicted molar refractivity (Wildman–Crippen MR) is 92.0 cm³/mol. The smallest absolute Gasteiger partial charge is 0.231 e. The first-order valence-corrected chi connectivity index (χ1v) is 8.86. The van der Waals surface area contributed by atoms with E-state index in [9.17, 15) is 9.18 Å². The van der Waals surface area contributed by atoms with Crippen molar-refractivity contribution in [3.63, 3.8) is 0 Å². The van der Waals surface area contributed by atoms with E-state index in [2.05, 4.69) is 22.4 Å². The van der Waals surface area contributed by atoms with Crippen LogP contribution in [0.5, 0.6) is 0 Å². The number of carbonyl (C=O) groups is 1. The number of hydrogen-bond donors (Lipinski definition) is 1. The lowest BCUT2D eigenvalue weighted by Gasteiger charge is -2.18. The predicted octanol–water partition coefficient (Wildman–Crippen LogP) is 2.84. The molecule has 0 unspecified atom stereocenters. The van der Waals surface area contributed by atoms with Crippen LogP contribution in [-0.2, 0) is 11.2 Å². The monoisotopic (exact) mass is 326 g/mol. The molecule has 2 aliphatic carbocycles. The van der Waals surface area contributed by atoms with E-state index in [4.69, 9.17) is 0 Å². The van der Waals surface area contributed by atoms with Gasteiger partial charge in [-0.05, 0) is 43.4 Å². The zero-order chi connectivity index (χ0) is 16.5. The van der Waals surface area contributed by atoms with Gasteiger partial charge < -0.3 is 10.2 Å². The standard InChI is InChI=1S/C20H23FN2O/c21-17-7-1-14(2-8-17)9-11-23-12-10-18(13-23)22-20(24)19-15-3-4-16(19)6-5-15/h1-4,7-8,18-19H,5-6,9-13H2,(H,22,24)/t18-/m0/s1. The van der Waals surface area contributed by atoms with Crippen LogP contribution in [0.2, 0.25) is 0 Å². The second-order valence-corrected chi connectivity index (χ2v) is 7.09. The number of rotatable bonds is 5. The summed E-state index contributed by atoms with van der Waals surface area (Å²) in [6.07, 6.45) is 8.28. The number of nitrogens with zero attached hydrogens (tertiary/aromatic N) is 1. The number of likely N-dealkylation sites (tertiary alicyclic amines) is 1. The molecule has 1 aromatic rings. The average Bonchev–Trinajstić information content (AvgIpc) is 3.30. The van der Waals surface area contributed by atoms with E-state index >= 15 is 0 Å². The summed E-state index contributed by atoms with van der Waals surface area (Å²) in [6, 6.07) is 6.99. The third-order valence-corrected chi connectivity index (χ3v) is 5.47. The number of allylic oxidation sites excluding steroid dienone is 2. The Balaban J connectivity index is 1.25. The van der Waals surface area contributed by atoms with Crippen molar-refractivity contribution >= 4 is 5.91 Å². The van der Waals surface area contributed by atoms with E-state index in [0.29, 0.717) is 0 Å².